The van der Waals surface area contributed by atoms with Crippen molar-refractivity contribution >= 4 is 11.9 Å². The first-order chi connectivity index (χ1) is 11.2. The third-order valence-corrected chi connectivity index (χ3v) is 4.22. The lowest BCUT2D eigenvalue weighted by Crippen LogP contribution is -2.40. The Morgan fingerprint density at radius 3 is 2.43 bits per heavy atom. The van der Waals surface area contributed by atoms with E-state index in [0.717, 1.165) is 77.4 Å². The molecule has 7 nitrogen and oxygen atoms in total. The molecule has 0 atom stereocenters. The molecule has 1 aliphatic heterocycles. The Morgan fingerprint density at radius 1 is 1.22 bits per heavy atom. The topological polar surface area (TPSA) is 92.0 Å². The monoisotopic (exact) mass is 327 g/mol. The first-order valence-electron chi connectivity index (χ1n) is 8.62. The van der Waals surface area contributed by atoms with Crippen LogP contribution in [0.15, 0.2) is 4.99 Å². The SMILES string of the molecule is CN=C(NCCCCN1CCC(C(N)=O)CC1)NCCCOC. The van der Waals surface area contributed by atoms with E-state index in [0.29, 0.717) is 0 Å². The Kier molecular flexibility index (Phi) is 10.4. The average Bonchev–Trinajstić information content (AvgIpc) is 2.57. The summed E-state index contributed by atoms with van der Waals surface area (Å²) in [5.41, 5.74) is 5.36. The second kappa shape index (κ2) is 12.1. The summed E-state index contributed by atoms with van der Waals surface area (Å²) in [7, 11) is 3.50. The molecule has 0 radical (unpaired) electrons. The molecule has 1 fully saturated rings. The molecular formula is C16H33N5O2. The number of hydrogen-bond acceptors (Lipinski definition) is 4. The molecule has 0 saturated carbocycles. The average molecular weight is 327 g/mol. The number of carbonyl (C=O) groups is 1. The lowest BCUT2D eigenvalue weighted by atomic mass is 9.96. The zero-order chi connectivity index (χ0) is 16.9. The molecule has 1 saturated heterocycles. The fourth-order valence-electron chi connectivity index (χ4n) is 2.75. The van der Waals surface area contributed by atoms with Gasteiger partial charge < -0.3 is 26.0 Å². The highest BCUT2D eigenvalue weighted by atomic mass is 16.5. The minimum Gasteiger partial charge on any atom is -0.385 e. The minimum atomic E-state index is -0.141. The number of carbonyl (C=O) groups excluding carboxylic acids is 1. The van der Waals surface area contributed by atoms with E-state index < -0.39 is 0 Å². The Morgan fingerprint density at radius 2 is 1.87 bits per heavy atom. The number of nitrogens with zero attached hydrogens (tertiary/aromatic N) is 2. The first-order valence-corrected chi connectivity index (χ1v) is 8.62. The number of nitrogens with two attached hydrogens (primary N) is 1. The number of aliphatic imine (C=N–C) groups is 1. The molecule has 0 aromatic rings. The lowest BCUT2D eigenvalue weighted by molar-refractivity contribution is -0.123. The van der Waals surface area contributed by atoms with E-state index in [1.54, 1.807) is 14.2 Å². The summed E-state index contributed by atoms with van der Waals surface area (Å²) in [6, 6.07) is 0. The van der Waals surface area contributed by atoms with Gasteiger partial charge in [0, 0.05) is 39.8 Å². The molecule has 0 bridgehead atoms. The summed E-state index contributed by atoms with van der Waals surface area (Å²) in [5.74, 6) is 0.794. The molecule has 23 heavy (non-hydrogen) atoms. The smallest absolute Gasteiger partial charge is 0.220 e. The standard InChI is InChI=1S/C16H33N5O2/c1-18-16(20-9-5-13-23-2)19-8-3-4-10-21-11-6-14(7-12-21)15(17)22/h14H,3-13H2,1-2H3,(H2,17,22)(H2,18,19,20). The van der Waals surface area contributed by atoms with Gasteiger partial charge in [-0.15, -0.1) is 0 Å². The molecule has 0 aliphatic carbocycles. The molecule has 0 spiro atoms. The van der Waals surface area contributed by atoms with Crippen LogP contribution in [0.4, 0.5) is 0 Å². The quantitative estimate of drug-likeness (QED) is 0.302. The zero-order valence-corrected chi connectivity index (χ0v) is 14.6. The normalized spacial score (nSPS) is 17.2. The highest BCUT2D eigenvalue weighted by Gasteiger charge is 2.22. The van der Waals surface area contributed by atoms with E-state index in [4.69, 9.17) is 10.5 Å². The molecule has 1 amide bonds. The predicted molar refractivity (Wildman–Crippen MR) is 93.4 cm³/mol. The van der Waals surface area contributed by atoms with Crippen LogP contribution in [0.5, 0.6) is 0 Å². The predicted octanol–water partition coefficient (Wildman–Crippen LogP) is 0.165. The van der Waals surface area contributed by atoms with Crippen molar-refractivity contribution in [2.24, 2.45) is 16.6 Å². The van der Waals surface area contributed by atoms with Gasteiger partial charge in [0.2, 0.25) is 5.91 Å². The number of piperidine rings is 1. The molecule has 4 N–H and O–H groups in total. The second-order valence-electron chi connectivity index (χ2n) is 6.00. The Bertz CT molecular complexity index is 354. The number of rotatable bonds is 10. The molecule has 0 aromatic carbocycles. The van der Waals surface area contributed by atoms with Gasteiger partial charge in [-0.25, -0.2) is 0 Å². The Hall–Kier alpha value is -1.34. The van der Waals surface area contributed by atoms with E-state index in [1.807, 2.05) is 0 Å². The van der Waals surface area contributed by atoms with Gasteiger partial charge in [-0.1, -0.05) is 0 Å². The molecule has 1 aliphatic rings. The maximum Gasteiger partial charge on any atom is 0.220 e. The van der Waals surface area contributed by atoms with Gasteiger partial charge in [0.05, 0.1) is 0 Å². The van der Waals surface area contributed by atoms with Crippen LogP contribution in [-0.4, -0.2) is 70.3 Å². The van der Waals surface area contributed by atoms with Gasteiger partial charge >= 0.3 is 0 Å². The van der Waals surface area contributed by atoms with Crippen LogP contribution in [0, 0.1) is 5.92 Å². The van der Waals surface area contributed by atoms with Gasteiger partial charge in [0.25, 0.3) is 0 Å². The third-order valence-electron chi connectivity index (χ3n) is 4.22. The van der Waals surface area contributed by atoms with Crippen LogP contribution in [0.25, 0.3) is 0 Å². The number of guanidine groups is 1. The molecular weight excluding hydrogens is 294 g/mol. The van der Waals surface area contributed by atoms with Gasteiger partial charge in [-0.3, -0.25) is 9.79 Å². The van der Waals surface area contributed by atoms with Crippen molar-refractivity contribution in [2.75, 3.05) is 53.5 Å². The zero-order valence-electron chi connectivity index (χ0n) is 14.6. The van der Waals surface area contributed by atoms with Gasteiger partial charge in [-0.2, -0.15) is 0 Å². The van der Waals surface area contributed by atoms with E-state index in [-0.39, 0.29) is 11.8 Å². The van der Waals surface area contributed by atoms with E-state index in [1.165, 1.54) is 0 Å². The van der Waals surface area contributed by atoms with Crippen molar-refractivity contribution in [3.63, 3.8) is 0 Å². The summed E-state index contributed by atoms with van der Waals surface area (Å²) in [6.45, 7) is 5.61. The number of unbranched alkanes of at least 4 members (excludes halogenated alkanes) is 1. The van der Waals surface area contributed by atoms with Crippen LogP contribution in [-0.2, 0) is 9.53 Å². The largest absolute Gasteiger partial charge is 0.385 e. The van der Waals surface area contributed by atoms with Crippen LogP contribution in [0.2, 0.25) is 0 Å². The fourth-order valence-corrected chi connectivity index (χ4v) is 2.75. The second-order valence-corrected chi connectivity index (χ2v) is 6.00. The minimum absolute atomic E-state index is 0.0837. The van der Waals surface area contributed by atoms with Crippen molar-refractivity contribution in [2.45, 2.75) is 32.1 Å². The summed E-state index contributed by atoms with van der Waals surface area (Å²) in [6.07, 6.45) is 5.04. The van der Waals surface area contributed by atoms with Crippen LogP contribution in [0.3, 0.4) is 0 Å². The van der Waals surface area contributed by atoms with Crippen LogP contribution >= 0.6 is 0 Å². The molecule has 1 heterocycles. The summed E-state index contributed by atoms with van der Waals surface area (Å²) < 4.78 is 5.02. The molecule has 1 rings (SSSR count). The van der Waals surface area contributed by atoms with Crippen molar-refractivity contribution in [1.29, 1.82) is 0 Å². The molecule has 0 unspecified atom stereocenters. The molecule has 0 aromatic heterocycles. The van der Waals surface area contributed by atoms with Crippen molar-refractivity contribution in [3.05, 3.63) is 0 Å². The van der Waals surface area contributed by atoms with E-state index in [2.05, 4.69) is 20.5 Å². The Balaban J connectivity index is 2.01. The summed E-state index contributed by atoms with van der Waals surface area (Å²) in [5, 5.41) is 6.59. The van der Waals surface area contributed by atoms with Gasteiger partial charge in [0.15, 0.2) is 5.96 Å². The number of hydrogen-bond donors (Lipinski definition) is 3. The number of primary amides is 1. The first kappa shape index (κ1) is 19.7. The summed E-state index contributed by atoms with van der Waals surface area (Å²) in [4.78, 5) is 17.8. The Labute approximate surface area is 140 Å². The van der Waals surface area contributed by atoms with Crippen molar-refractivity contribution in [3.8, 4) is 0 Å². The maximum atomic E-state index is 11.1. The fraction of sp³-hybridized carbons (Fsp3) is 0.875. The number of nitrogens with one attached hydrogen (secondary N) is 2. The molecule has 134 valence electrons. The summed E-state index contributed by atoms with van der Waals surface area (Å²) >= 11 is 0. The van der Waals surface area contributed by atoms with Crippen molar-refractivity contribution < 1.29 is 9.53 Å². The number of ether oxygens (including phenoxy) is 1. The number of likely N-dealkylation sites (tertiary alicyclic amines) is 1. The molecule has 7 heteroatoms. The number of amides is 1. The highest BCUT2D eigenvalue weighted by Crippen LogP contribution is 2.16. The number of methoxy groups -OCH3 is 1. The lowest BCUT2D eigenvalue weighted by Gasteiger charge is -2.30. The van der Waals surface area contributed by atoms with Crippen LogP contribution < -0.4 is 16.4 Å². The van der Waals surface area contributed by atoms with Gasteiger partial charge in [-0.05, 0) is 51.7 Å². The van der Waals surface area contributed by atoms with Crippen LogP contribution in [0.1, 0.15) is 32.1 Å². The van der Waals surface area contributed by atoms with Gasteiger partial charge in [0.1, 0.15) is 0 Å². The van der Waals surface area contributed by atoms with E-state index >= 15 is 0 Å². The maximum absolute atomic E-state index is 11.1. The highest BCUT2D eigenvalue weighted by molar-refractivity contribution is 5.79. The van der Waals surface area contributed by atoms with E-state index in [9.17, 15) is 4.79 Å². The third kappa shape index (κ3) is 8.76. The van der Waals surface area contributed by atoms with Crippen molar-refractivity contribution in [1.82, 2.24) is 15.5 Å².